The highest BCUT2D eigenvalue weighted by atomic mass is 32.1. The van der Waals surface area contributed by atoms with Crippen molar-refractivity contribution in [1.82, 2.24) is 25.1 Å². The number of hydrogen-bond acceptors (Lipinski definition) is 8. The van der Waals surface area contributed by atoms with E-state index >= 15 is 0 Å². The minimum Gasteiger partial charge on any atom is -0.299 e. The molecule has 1 atom stereocenters. The molecule has 0 radical (unpaired) electrons. The summed E-state index contributed by atoms with van der Waals surface area (Å²) in [6, 6.07) is 4.43. The average molecular weight is 530 g/mol. The summed E-state index contributed by atoms with van der Waals surface area (Å²) in [5, 5.41) is 3.55. The summed E-state index contributed by atoms with van der Waals surface area (Å²) < 4.78 is 0. The summed E-state index contributed by atoms with van der Waals surface area (Å²) in [4.78, 5) is 65.3. The lowest BCUT2D eigenvalue weighted by molar-refractivity contribution is -0.136. The molecule has 38 heavy (non-hydrogen) atoms. The molecule has 5 heterocycles. The van der Waals surface area contributed by atoms with Gasteiger partial charge in [-0.05, 0) is 74.9 Å². The van der Waals surface area contributed by atoms with E-state index in [0.29, 0.717) is 23.6 Å². The summed E-state index contributed by atoms with van der Waals surface area (Å²) >= 11 is 1.83. The number of hydrogen-bond donors (Lipinski definition) is 1. The number of aryl methyl sites for hydroxylation is 2. The van der Waals surface area contributed by atoms with Gasteiger partial charge in [0, 0.05) is 29.1 Å². The maximum atomic E-state index is 13.2. The van der Waals surface area contributed by atoms with Crippen LogP contribution in [-0.4, -0.2) is 62.5 Å². The fourth-order valence-electron chi connectivity index (χ4n) is 6.50. The van der Waals surface area contributed by atoms with E-state index in [0.717, 1.165) is 54.1 Å². The van der Waals surface area contributed by atoms with Crippen LogP contribution in [0, 0.1) is 0 Å². The van der Waals surface area contributed by atoms with Crippen molar-refractivity contribution in [3.8, 4) is 0 Å². The Balaban J connectivity index is 1.04. The second-order valence-corrected chi connectivity index (χ2v) is 11.8. The molecular weight excluding hydrogens is 502 g/mol. The van der Waals surface area contributed by atoms with Crippen molar-refractivity contribution in [3.63, 3.8) is 0 Å². The van der Waals surface area contributed by atoms with E-state index in [-0.39, 0.29) is 18.7 Å². The fourth-order valence-corrected chi connectivity index (χ4v) is 7.74. The second kappa shape index (κ2) is 9.06. The van der Waals surface area contributed by atoms with E-state index in [2.05, 4.69) is 15.2 Å². The first-order valence-corrected chi connectivity index (χ1v) is 14.1. The summed E-state index contributed by atoms with van der Waals surface area (Å²) in [6.45, 7) is 2.54. The zero-order chi connectivity index (χ0) is 26.0. The summed E-state index contributed by atoms with van der Waals surface area (Å²) in [6.07, 6.45) is 7.54. The molecular formula is C28H27N5O4S. The van der Waals surface area contributed by atoms with Crippen LogP contribution in [-0.2, 0) is 29.0 Å². The number of carbonyl (C=O) groups excluding carboxylic acids is 4. The van der Waals surface area contributed by atoms with Crippen LogP contribution in [0.5, 0.6) is 0 Å². The minimum absolute atomic E-state index is 0.112. The first kappa shape index (κ1) is 23.6. The van der Waals surface area contributed by atoms with Gasteiger partial charge in [-0.3, -0.25) is 34.3 Å². The topological polar surface area (TPSA) is 113 Å². The van der Waals surface area contributed by atoms with Crippen molar-refractivity contribution < 1.29 is 19.2 Å². The van der Waals surface area contributed by atoms with E-state index in [1.54, 1.807) is 18.5 Å². The van der Waals surface area contributed by atoms with Gasteiger partial charge in [-0.15, -0.1) is 11.3 Å². The Labute approximate surface area is 223 Å². The van der Waals surface area contributed by atoms with Crippen LogP contribution in [0.4, 0.5) is 0 Å². The SMILES string of the molecule is O=C1CCC(N2C(=O)c3ccc(CN4CCC(c5ncnc6sc7c(c56)CCC7)CC4)cc3C2=O)C(=O)N1. The molecule has 3 aliphatic heterocycles. The number of aromatic nitrogens is 2. The number of thiophene rings is 1. The van der Waals surface area contributed by atoms with Crippen LogP contribution in [0.25, 0.3) is 10.2 Å². The quantitative estimate of drug-likeness (QED) is 0.517. The third-order valence-electron chi connectivity index (χ3n) is 8.42. The molecule has 194 valence electrons. The number of carbonyl (C=O) groups is 4. The van der Waals surface area contributed by atoms with Gasteiger partial charge in [-0.1, -0.05) is 6.07 Å². The highest BCUT2D eigenvalue weighted by Crippen LogP contribution is 2.41. The Hall–Kier alpha value is -3.50. The first-order valence-electron chi connectivity index (χ1n) is 13.3. The Morgan fingerprint density at radius 3 is 2.58 bits per heavy atom. The number of imide groups is 2. The fraction of sp³-hybridized carbons (Fsp3) is 0.429. The highest BCUT2D eigenvalue weighted by molar-refractivity contribution is 7.18. The van der Waals surface area contributed by atoms with Crippen LogP contribution >= 0.6 is 11.3 Å². The monoisotopic (exact) mass is 529 g/mol. The molecule has 1 N–H and O–H groups in total. The third kappa shape index (κ3) is 3.77. The molecule has 9 nitrogen and oxygen atoms in total. The van der Waals surface area contributed by atoms with E-state index in [1.807, 2.05) is 17.4 Å². The lowest BCUT2D eigenvalue weighted by Crippen LogP contribution is -2.54. The molecule has 1 aromatic carbocycles. The van der Waals surface area contributed by atoms with Gasteiger partial charge in [0.1, 0.15) is 17.2 Å². The van der Waals surface area contributed by atoms with E-state index in [4.69, 9.17) is 4.98 Å². The van der Waals surface area contributed by atoms with Crippen molar-refractivity contribution in [1.29, 1.82) is 0 Å². The van der Waals surface area contributed by atoms with Crippen LogP contribution in [0.1, 0.15) is 80.4 Å². The molecule has 10 heteroatoms. The largest absolute Gasteiger partial charge is 0.299 e. The molecule has 0 spiro atoms. The molecule has 4 amide bonds. The van der Waals surface area contributed by atoms with Crippen molar-refractivity contribution in [3.05, 3.63) is 57.4 Å². The normalized spacial score (nSPS) is 22.3. The number of rotatable bonds is 4. The zero-order valence-electron chi connectivity index (χ0n) is 20.9. The molecule has 0 bridgehead atoms. The van der Waals surface area contributed by atoms with Gasteiger partial charge >= 0.3 is 0 Å². The van der Waals surface area contributed by atoms with Gasteiger partial charge in [0.15, 0.2) is 0 Å². The van der Waals surface area contributed by atoms with Gasteiger partial charge in [0.25, 0.3) is 11.8 Å². The Kier molecular flexibility index (Phi) is 5.63. The Morgan fingerprint density at radius 1 is 0.947 bits per heavy atom. The van der Waals surface area contributed by atoms with Gasteiger partial charge in [-0.25, -0.2) is 9.97 Å². The van der Waals surface area contributed by atoms with Gasteiger partial charge < -0.3 is 0 Å². The first-order chi connectivity index (χ1) is 18.5. The highest BCUT2D eigenvalue weighted by Gasteiger charge is 2.44. The van der Waals surface area contributed by atoms with Crippen molar-refractivity contribution in [2.24, 2.45) is 0 Å². The Morgan fingerprint density at radius 2 is 1.76 bits per heavy atom. The average Bonchev–Trinajstić information content (AvgIpc) is 3.57. The number of amides is 4. The van der Waals surface area contributed by atoms with Gasteiger partial charge in [0.2, 0.25) is 11.8 Å². The Bertz CT molecular complexity index is 1520. The molecule has 2 aromatic heterocycles. The summed E-state index contributed by atoms with van der Waals surface area (Å²) in [7, 11) is 0. The number of piperidine rings is 2. The number of likely N-dealkylation sites (tertiary alicyclic amines) is 1. The maximum absolute atomic E-state index is 13.2. The lowest BCUT2D eigenvalue weighted by Gasteiger charge is -2.32. The summed E-state index contributed by atoms with van der Waals surface area (Å²) in [5.74, 6) is -1.49. The standard InChI is InChI=1S/C28H27N5O4S/c34-22-7-6-20(25(35)31-22)33-27(36)17-5-4-15(12-19(17)28(33)37)13-32-10-8-16(9-11-32)24-23-18-2-1-3-21(18)38-26(23)30-14-29-24/h4-5,12,14,16,20H,1-3,6-11,13H2,(H,31,34,35). The van der Waals surface area contributed by atoms with E-state index < -0.39 is 23.8 Å². The third-order valence-corrected chi connectivity index (χ3v) is 9.62. The lowest BCUT2D eigenvalue weighted by atomic mass is 9.90. The maximum Gasteiger partial charge on any atom is 0.262 e. The molecule has 1 unspecified atom stereocenters. The van der Waals surface area contributed by atoms with Crippen molar-refractivity contribution in [2.45, 2.75) is 63.5 Å². The molecule has 3 aromatic rings. The van der Waals surface area contributed by atoms with Crippen LogP contribution < -0.4 is 5.32 Å². The molecule has 2 saturated heterocycles. The molecule has 2 fully saturated rings. The number of nitrogens with one attached hydrogen (secondary N) is 1. The molecule has 4 aliphatic rings. The molecule has 1 aliphatic carbocycles. The molecule has 7 rings (SSSR count). The second-order valence-electron chi connectivity index (χ2n) is 10.7. The molecule has 0 saturated carbocycles. The minimum atomic E-state index is -0.944. The number of fused-ring (bicyclic) bond motifs is 4. The number of benzene rings is 1. The van der Waals surface area contributed by atoms with E-state index in [1.165, 1.54) is 27.9 Å². The van der Waals surface area contributed by atoms with Crippen LogP contribution in [0.3, 0.4) is 0 Å². The summed E-state index contributed by atoms with van der Waals surface area (Å²) in [5.41, 5.74) is 4.31. The van der Waals surface area contributed by atoms with Crippen LogP contribution in [0.2, 0.25) is 0 Å². The zero-order valence-corrected chi connectivity index (χ0v) is 21.7. The predicted molar refractivity (Wildman–Crippen MR) is 140 cm³/mol. The van der Waals surface area contributed by atoms with Crippen molar-refractivity contribution >= 4 is 45.2 Å². The van der Waals surface area contributed by atoms with Crippen molar-refractivity contribution in [2.75, 3.05) is 13.1 Å². The smallest absolute Gasteiger partial charge is 0.262 e. The predicted octanol–water partition coefficient (Wildman–Crippen LogP) is 2.96. The van der Waals surface area contributed by atoms with Gasteiger partial charge in [0.05, 0.1) is 16.8 Å². The number of nitrogens with zero attached hydrogens (tertiary/aromatic N) is 4. The van der Waals surface area contributed by atoms with Gasteiger partial charge in [-0.2, -0.15) is 0 Å². The van der Waals surface area contributed by atoms with E-state index in [9.17, 15) is 19.2 Å². The van der Waals surface area contributed by atoms with Crippen LogP contribution in [0.15, 0.2) is 24.5 Å².